The quantitative estimate of drug-likeness (QED) is 0.611. The highest BCUT2D eigenvalue weighted by atomic mass is 79.9. The van der Waals surface area contributed by atoms with Gasteiger partial charge in [-0.1, -0.05) is 39.1 Å². The van der Waals surface area contributed by atoms with Crippen molar-refractivity contribution in [3.63, 3.8) is 0 Å². The second kappa shape index (κ2) is 5.12. The van der Waals surface area contributed by atoms with Crippen molar-refractivity contribution in [3.8, 4) is 0 Å². The number of aryl methyl sites for hydroxylation is 1. The maximum absolute atomic E-state index is 11.9. The molecule has 6 heteroatoms. The highest BCUT2D eigenvalue weighted by Gasteiger charge is 2.32. The van der Waals surface area contributed by atoms with Gasteiger partial charge < -0.3 is 4.90 Å². The average Bonchev–Trinajstić information content (AvgIpc) is 2.59. The van der Waals surface area contributed by atoms with Crippen molar-refractivity contribution in [1.82, 2.24) is 4.98 Å². The van der Waals surface area contributed by atoms with Crippen LogP contribution >= 0.6 is 39.1 Å². The van der Waals surface area contributed by atoms with Crippen LogP contribution in [0.3, 0.4) is 0 Å². The molecule has 0 aliphatic carbocycles. The number of nitrogens with zero attached hydrogens (tertiary/aromatic N) is 2. The maximum Gasteiger partial charge on any atom is 0.227 e. The molecule has 1 amide bonds. The van der Waals surface area contributed by atoms with E-state index in [0.29, 0.717) is 34.9 Å². The van der Waals surface area contributed by atoms with Gasteiger partial charge in [0.25, 0.3) is 0 Å². The molecule has 1 aliphatic heterocycles. The van der Waals surface area contributed by atoms with Crippen LogP contribution in [-0.2, 0) is 4.79 Å². The molecule has 3 nitrogen and oxygen atoms in total. The molecule has 0 spiro atoms. The Morgan fingerprint density at radius 1 is 1.59 bits per heavy atom. The smallest absolute Gasteiger partial charge is 0.227 e. The molecule has 1 saturated heterocycles. The highest BCUT2D eigenvalue weighted by Crippen LogP contribution is 2.34. The Morgan fingerprint density at radius 3 is 2.82 bits per heavy atom. The van der Waals surface area contributed by atoms with Gasteiger partial charge in [0.2, 0.25) is 5.91 Å². The summed E-state index contributed by atoms with van der Waals surface area (Å²) in [4.78, 5) is 17.6. The van der Waals surface area contributed by atoms with Gasteiger partial charge in [0, 0.05) is 18.3 Å². The lowest BCUT2D eigenvalue weighted by Gasteiger charge is -2.19. The van der Waals surface area contributed by atoms with Gasteiger partial charge in [-0.25, -0.2) is 4.98 Å². The van der Waals surface area contributed by atoms with Crippen LogP contribution in [0.2, 0.25) is 10.3 Å². The number of hydrogen-bond acceptors (Lipinski definition) is 2. The van der Waals surface area contributed by atoms with Gasteiger partial charge in [0.05, 0.1) is 5.69 Å². The number of anilines is 1. The second-order valence-corrected chi connectivity index (χ2v) is 5.52. The summed E-state index contributed by atoms with van der Waals surface area (Å²) in [5, 5.41) is 1.45. The van der Waals surface area contributed by atoms with Crippen LogP contribution in [0.4, 0.5) is 5.69 Å². The van der Waals surface area contributed by atoms with E-state index < -0.39 is 0 Å². The Labute approximate surface area is 118 Å². The summed E-state index contributed by atoms with van der Waals surface area (Å²) >= 11 is 15.3. The van der Waals surface area contributed by atoms with E-state index in [0.717, 1.165) is 10.9 Å². The Bertz CT molecular complexity index is 444. The van der Waals surface area contributed by atoms with Gasteiger partial charge in [-0.15, -0.1) is 0 Å². The minimum atomic E-state index is 0.0866. The molecular weight excluding hydrogens is 327 g/mol. The molecule has 2 heterocycles. The van der Waals surface area contributed by atoms with Gasteiger partial charge in [-0.3, -0.25) is 4.79 Å². The van der Waals surface area contributed by atoms with Crippen molar-refractivity contribution in [2.45, 2.75) is 13.3 Å². The van der Waals surface area contributed by atoms with Crippen LogP contribution in [0.1, 0.15) is 12.0 Å². The molecule has 1 fully saturated rings. The van der Waals surface area contributed by atoms with E-state index in [1.807, 2.05) is 6.92 Å². The topological polar surface area (TPSA) is 33.2 Å². The van der Waals surface area contributed by atoms with Gasteiger partial charge in [-0.05, 0) is 24.5 Å². The predicted octanol–water partition coefficient (Wildman–Crippen LogP) is 3.44. The van der Waals surface area contributed by atoms with Crippen molar-refractivity contribution in [1.29, 1.82) is 0 Å². The van der Waals surface area contributed by atoms with E-state index in [1.54, 1.807) is 11.0 Å². The standard InChI is InChI=1S/C11H11BrCl2N2O/c1-6-2-8(13)15-11(14)10(6)16-5-7(4-12)3-9(16)17/h2,7H,3-5H2,1H3. The summed E-state index contributed by atoms with van der Waals surface area (Å²) in [7, 11) is 0. The van der Waals surface area contributed by atoms with Gasteiger partial charge in [0.15, 0.2) is 5.15 Å². The minimum absolute atomic E-state index is 0.0866. The molecule has 1 aliphatic rings. The molecule has 92 valence electrons. The average molecular weight is 338 g/mol. The monoisotopic (exact) mass is 336 g/mol. The molecule has 17 heavy (non-hydrogen) atoms. The highest BCUT2D eigenvalue weighted by molar-refractivity contribution is 9.09. The zero-order valence-corrected chi connectivity index (χ0v) is 12.3. The SMILES string of the molecule is Cc1cc(Cl)nc(Cl)c1N1CC(CBr)CC1=O. The molecule has 1 aromatic heterocycles. The Hall–Kier alpha value is -0.320. The third kappa shape index (κ3) is 2.59. The zero-order chi connectivity index (χ0) is 12.6. The summed E-state index contributed by atoms with van der Waals surface area (Å²) in [5.41, 5.74) is 1.56. The molecular formula is C11H11BrCl2N2O. The Kier molecular flexibility index (Phi) is 3.95. The van der Waals surface area contributed by atoms with Gasteiger partial charge >= 0.3 is 0 Å². The lowest BCUT2D eigenvalue weighted by Crippen LogP contribution is -2.26. The number of aromatic nitrogens is 1. The van der Waals surface area contributed by atoms with E-state index in [1.165, 1.54) is 0 Å². The normalized spacial score (nSPS) is 20.1. The predicted molar refractivity (Wildman–Crippen MR) is 73.2 cm³/mol. The largest absolute Gasteiger partial charge is 0.309 e. The first-order valence-corrected chi connectivity index (χ1v) is 7.09. The molecule has 2 rings (SSSR count). The molecule has 0 aromatic carbocycles. The fourth-order valence-electron chi connectivity index (χ4n) is 2.01. The number of hydrogen-bond donors (Lipinski definition) is 0. The van der Waals surface area contributed by atoms with Crippen LogP contribution in [0, 0.1) is 12.8 Å². The Morgan fingerprint density at radius 2 is 2.29 bits per heavy atom. The molecule has 1 aromatic rings. The summed E-state index contributed by atoms with van der Waals surface area (Å²) < 4.78 is 0. The second-order valence-electron chi connectivity index (χ2n) is 4.13. The van der Waals surface area contributed by atoms with Crippen LogP contribution in [0.25, 0.3) is 0 Å². The number of carbonyl (C=O) groups excluding carboxylic acids is 1. The molecule has 0 N–H and O–H groups in total. The lowest BCUT2D eigenvalue weighted by molar-refractivity contribution is -0.117. The van der Waals surface area contributed by atoms with Crippen LogP contribution < -0.4 is 4.90 Å². The number of rotatable bonds is 2. The number of pyridine rings is 1. The van der Waals surface area contributed by atoms with E-state index >= 15 is 0 Å². The summed E-state index contributed by atoms with van der Waals surface area (Å²) in [6.45, 7) is 2.55. The van der Waals surface area contributed by atoms with Crippen molar-refractivity contribution >= 4 is 50.7 Å². The number of halogens is 3. The third-order valence-electron chi connectivity index (χ3n) is 2.80. The maximum atomic E-state index is 11.9. The van der Waals surface area contributed by atoms with E-state index in [4.69, 9.17) is 23.2 Å². The third-order valence-corrected chi connectivity index (χ3v) is 4.18. The van der Waals surface area contributed by atoms with Crippen LogP contribution in [0.5, 0.6) is 0 Å². The minimum Gasteiger partial charge on any atom is -0.309 e. The molecule has 1 atom stereocenters. The summed E-state index contributed by atoms with van der Waals surface area (Å²) in [6.07, 6.45) is 0.545. The van der Waals surface area contributed by atoms with Crippen molar-refractivity contribution in [2.24, 2.45) is 5.92 Å². The van der Waals surface area contributed by atoms with Gasteiger partial charge in [-0.2, -0.15) is 0 Å². The van der Waals surface area contributed by atoms with E-state index in [2.05, 4.69) is 20.9 Å². The van der Waals surface area contributed by atoms with Crippen molar-refractivity contribution in [3.05, 3.63) is 21.9 Å². The van der Waals surface area contributed by atoms with Crippen LogP contribution in [-0.4, -0.2) is 22.8 Å². The molecule has 0 saturated carbocycles. The fourth-order valence-corrected chi connectivity index (χ4v) is 3.08. The van der Waals surface area contributed by atoms with E-state index in [9.17, 15) is 4.79 Å². The Balaban J connectivity index is 2.38. The molecule has 0 radical (unpaired) electrons. The number of carbonyl (C=O) groups is 1. The van der Waals surface area contributed by atoms with E-state index in [-0.39, 0.29) is 5.91 Å². The van der Waals surface area contributed by atoms with Crippen LogP contribution in [0.15, 0.2) is 6.07 Å². The van der Waals surface area contributed by atoms with Crippen molar-refractivity contribution in [2.75, 3.05) is 16.8 Å². The fraction of sp³-hybridized carbons (Fsp3) is 0.455. The summed E-state index contributed by atoms with van der Waals surface area (Å²) in [6, 6.07) is 1.72. The van der Waals surface area contributed by atoms with Gasteiger partial charge in [0.1, 0.15) is 5.15 Å². The zero-order valence-electron chi connectivity index (χ0n) is 9.21. The van der Waals surface area contributed by atoms with Crippen molar-refractivity contribution < 1.29 is 4.79 Å². The number of amides is 1. The lowest BCUT2D eigenvalue weighted by atomic mass is 10.2. The summed E-state index contributed by atoms with van der Waals surface area (Å²) in [5.74, 6) is 0.414. The molecule has 0 bridgehead atoms. The first-order valence-electron chi connectivity index (χ1n) is 5.22. The first kappa shape index (κ1) is 13.1. The molecule has 1 unspecified atom stereocenters. The first-order chi connectivity index (χ1) is 8.02. The number of alkyl halides is 1.